The fraction of sp³-hybridized carbons (Fsp3) is 0.957. The first kappa shape index (κ1) is 19.7. The SMILES string of the molecule is C[C@H](CC(=O)O)[C@H]1CCC2[C@H]3C(CC[C@@]21C)[C@@]1(C)CC[C@@H](O)C[C@H]1C[C@H]3O. The van der Waals surface area contributed by atoms with Crippen molar-refractivity contribution < 1.29 is 20.1 Å². The number of carboxylic acids is 1. The van der Waals surface area contributed by atoms with Crippen molar-refractivity contribution in [3.8, 4) is 0 Å². The third-order valence-corrected chi connectivity index (χ3v) is 9.91. The molecular weight excluding hydrogens is 340 g/mol. The monoisotopic (exact) mass is 378 g/mol. The number of aliphatic hydroxyl groups excluding tert-OH is 2. The van der Waals surface area contributed by atoms with E-state index in [-0.39, 0.29) is 35.4 Å². The van der Waals surface area contributed by atoms with E-state index in [0.717, 1.165) is 44.9 Å². The van der Waals surface area contributed by atoms with Crippen LogP contribution in [0.1, 0.15) is 78.6 Å². The van der Waals surface area contributed by atoms with E-state index in [1.54, 1.807) is 0 Å². The van der Waals surface area contributed by atoms with Crippen LogP contribution in [0, 0.1) is 46.3 Å². The lowest BCUT2D eigenvalue weighted by Gasteiger charge is -2.62. The molecule has 0 radical (unpaired) electrons. The first-order valence-electron chi connectivity index (χ1n) is 11.2. The Kier molecular flexibility index (Phi) is 4.91. The number of fused-ring (bicyclic) bond motifs is 5. The lowest BCUT2D eigenvalue weighted by Crippen LogP contribution is -2.58. The lowest BCUT2D eigenvalue weighted by atomic mass is 9.43. The summed E-state index contributed by atoms with van der Waals surface area (Å²) in [6.07, 6.45) is 8.12. The van der Waals surface area contributed by atoms with Gasteiger partial charge in [-0.3, -0.25) is 4.79 Å². The largest absolute Gasteiger partial charge is 0.481 e. The molecule has 4 rings (SSSR count). The standard InChI is InChI=1S/C23H38O4/c1-13(10-20(26)27)16-4-5-17-21-18(7-9-23(16,17)3)22(2)8-6-15(24)11-14(22)12-19(21)25/h13-19,21,24-25H,4-12H2,1-3H3,(H,26,27)/t13-,14+,15-,16-,17?,18?,19-,21+,22+,23-/m1/s1. The topological polar surface area (TPSA) is 77.8 Å². The summed E-state index contributed by atoms with van der Waals surface area (Å²) in [5.74, 6) is 1.89. The molecule has 4 heteroatoms. The van der Waals surface area contributed by atoms with Gasteiger partial charge in [0.25, 0.3) is 0 Å². The Labute approximate surface area is 163 Å². The van der Waals surface area contributed by atoms with Gasteiger partial charge in [0.15, 0.2) is 0 Å². The van der Waals surface area contributed by atoms with Crippen molar-refractivity contribution in [3.05, 3.63) is 0 Å². The molecule has 10 atom stereocenters. The summed E-state index contributed by atoms with van der Waals surface area (Å²) < 4.78 is 0. The maximum Gasteiger partial charge on any atom is 0.303 e. The molecule has 0 aromatic rings. The van der Waals surface area contributed by atoms with Crippen LogP contribution in [0.3, 0.4) is 0 Å². The molecule has 4 nitrogen and oxygen atoms in total. The molecule has 4 aliphatic carbocycles. The quantitative estimate of drug-likeness (QED) is 0.691. The molecule has 0 aromatic heterocycles. The fourth-order valence-corrected chi connectivity index (χ4v) is 8.59. The second-order valence-electron chi connectivity index (χ2n) is 11.0. The minimum Gasteiger partial charge on any atom is -0.481 e. The van der Waals surface area contributed by atoms with Crippen LogP contribution in [0.2, 0.25) is 0 Å². The third-order valence-electron chi connectivity index (χ3n) is 9.91. The van der Waals surface area contributed by atoms with Gasteiger partial charge in [-0.1, -0.05) is 20.8 Å². The zero-order valence-corrected chi connectivity index (χ0v) is 17.2. The Morgan fingerprint density at radius 3 is 2.37 bits per heavy atom. The highest BCUT2D eigenvalue weighted by Gasteiger charge is 2.62. The van der Waals surface area contributed by atoms with Gasteiger partial charge in [0, 0.05) is 6.42 Å². The van der Waals surface area contributed by atoms with Crippen LogP contribution in [-0.2, 0) is 4.79 Å². The molecule has 0 saturated heterocycles. The van der Waals surface area contributed by atoms with Crippen LogP contribution in [0.15, 0.2) is 0 Å². The van der Waals surface area contributed by atoms with Crippen LogP contribution in [0.4, 0.5) is 0 Å². The summed E-state index contributed by atoms with van der Waals surface area (Å²) in [5, 5.41) is 30.7. The molecule has 3 N–H and O–H groups in total. The normalized spacial score (nSPS) is 53.1. The first-order valence-corrected chi connectivity index (χ1v) is 11.2. The maximum atomic E-state index is 11.3. The number of aliphatic carboxylic acids is 1. The number of rotatable bonds is 3. The molecule has 27 heavy (non-hydrogen) atoms. The molecule has 0 amide bonds. The van der Waals surface area contributed by atoms with Crippen molar-refractivity contribution in [2.24, 2.45) is 46.3 Å². The summed E-state index contributed by atoms with van der Waals surface area (Å²) >= 11 is 0. The smallest absolute Gasteiger partial charge is 0.303 e. The molecule has 2 unspecified atom stereocenters. The summed E-state index contributed by atoms with van der Waals surface area (Å²) in [6.45, 7) is 6.96. The summed E-state index contributed by atoms with van der Waals surface area (Å²) in [6, 6.07) is 0. The highest BCUT2D eigenvalue weighted by atomic mass is 16.4. The van der Waals surface area contributed by atoms with E-state index in [1.807, 2.05) is 0 Å². The molecule has 4 saturated carbocycles. The van der Waals surface area contributed by atoms with Gasteiger partial charge in [0.1, 0.15) is 0 Å². The average Bonchev–Trinajstić information content (AvgIpc) is 2.93. The van der Waals surface area contributed by atoms with Gasteiger partial charge in [-0.2, -0.15) is 0 Å². The van der Waals surface area contributed by atoms with Crippen molar-refractivity contribution in [2.45, 2.75) is 90.8 Å². The average molecular weight is 379 g/mol. The Balaban J connectivity index is 1.60. The minimum absolute atomic E-state index is 0.175. The van der Waals surface area contributed by atoms with E-state index in [4.69, 9.17) is 0 Å². The molecule has 0 spiro atoms. The van der Waals surface area contributed by atoms with Crippen molar-refractivity contribution in [1.29, 1.82) is 0 Å². The summed E-state index contributed by atoms with van der Waals surface area (Å²) in [7, 11) is 0. The molecule has 0 aromatic carbocycles. The van der Waals surface area contributed by atoms with Crippen LogP contribution < -0.4 is 0 Å². The third kappa shape index (κ3) is 2.97. The highest BCUT2D eigenvalue weighted by Crippen LogP contribution is 2.68. The van der Waals surface area contributed by atoms with Crippen molar-refractivity contribution in [2.75, 3.05) is 0 Å². The van der Waals surface area contributed by atoms with Crippen molar-refractivity contribution in [3.63, 3.8) is 0 Å². The van der Waals surface area contributed by atoms with Gasteiger partial charge < -0.3 is 15.3 Å². The lowest BCUT2D eigenvalue weighted by molar-refractivity contribution is -0.174. The summed E-state index contributed by atoms with van der Waals surface area (Å²) in [5.41, 5.74) is 0.434. The Hall–Kier alpha value is -0.610. The number of hydrogen-bond donors (Lipinski definition) is 3. The molecular formula is C23H38O4. The van der Waals surface area contributed by atoms with E-state index < -0.39 is 5.97 Å². The van der Waals surface area contributed by atoms with Crippen molar-refractivity contribution >= 4 is 5.97 Å². The molecule has 154 valence electrons. The summed E-state index contributed by atoms with van der Waals surface area (Å²) in [4.78, 5) is 11.3. The number of hydrogen-bond acceptors (Lipinski definition) is 3. The zero-order valence-electron chi connectivity index (χ0n) is 17.2. The second-order valence-corrected chi connectivity index (χ2v) is 11.0. The van der Waals surface area contributed by atoms with E-state index in [2.05, 4.69) is 20.8 Å². The van der Waals surface area contributed by atoms with Crippen molar-refractivity contribution in [1.82, 2.24) is 0 Å². The Bertz CT molecular complexity index is 591. The number of aliphatic hydroxyl groups is 2. The van der Waals surface area contributed by atoms with E-state index in [9.17, 15) is 20.1 Å². The Morgan fingerprint density at radius 2 is 1.67 bits per heavy atom. The molecule has 0 aliphatic heterocycles. The first-order chi connectivity index (χ1) is 12.7. The molecule has 4 aliphatic rings. The fourth-order valence-electron chi connectivity index (χ4n) is 8.59. The van der Waals surface area contributed by atoms with Gasteiger partial charge >= 0.3 is 5.97 Å². The van der Waals surface area contributed by atoms with Gasteiger partial charge in [-0.25, -0.2) is 0 Å². The van der Waals surface area contributed by atoms with E-state index in [0.29, 0.717) is 29.6 Å². The van der Waals surface area contributed by atoms with Gasteiger partial charge in [0.05, 0.1) is 12.2 Å². The highest BCUT2D eigenvalue weighted by molar-refractivity contribution is 5.67. The van der Waals surface area contributed by atoms with Crippen LogP contribution in [-0.4, -0.2) is 33.5 Å². The zero-order chi connectivity index (χ0) is 19.6. The van der Waals surface area contributed by atoms with Gasteiger partial charge in [0.2, 0.25) is 0 Å². The molecule has 4 fully saturated rings. The number of carboxylic acid groups (broad SMARTS) is 1. The maximum absolute atomic E-state index is 11.3. The van der Waals surface area contributed by atoms with Crippen LogP contribution in [0.25, 0.3) is 0 Å². The number of carbonyl (C=O) groups is 1. The van der Waals surface area contributed by atoms with Crippen LogP contribution >= 0.6 is 0 Å². The predicted octanol–water partition coefficient (Wildman–Crippen LogP) is 4.09. The minimum atomic E-state index is -0.683. The molecule has 0 heterocycles. The molecule has 0 bridgehead atoms. The van der Waals surface area contributed by atoms with Gasteiger partial charge in [-0.05, 0) is 97.7 Å². The van der Waals surface area contributed by atoms with E-state index in [1.165, 1.54) is 6.42 Å². The van der Waals surface area contributed by atoms with Gasteiger partial charge in [-0.15, -0.1) is 0 Å². The predicted molar refractivity (Wildman–Crippen MR) is 104 cm³/mol. The van der Waals surface area contributed by atoms with E-state index >= 15 is 0 Å². The Morgan fingerprint density at radius 1 is 1.00 bits per heavy atom. The second kappa shape index (κ2) is 6.73. The van der Waals surface area contributed by atoms with Crippen LogP contribution in [0.5, 0.6) is 0 Å².